The van der Waals surface area contributed by atoms with Gasteiger partial charge in [-0.3, -0.25) is 0 Å². The molecule has 0 aliphatic carbocycles. The van der Waals surface area contributed by atoms with Crippen molar-refractivity contribution >= 4 is 5.97 Å². The molecule has 1 rings (SSSR count). The van der Waals surface area contributed by atoms with Crippen LogP contribution in [0.1, 0.15) is 23.6 Å². The Morgan fingerprint density at radius 2 is 1.90 bits per heavy atom. The monoisotopic (exact) mass is 293 g/mol. The molecule has 0 saturated carbocycles. The van der Waals surface area contributed by atoms with E-state index in [0.29, 0.717) is 18.2 Å². The topological polar surface area (TPSA) is 50.1 Å². The third kappa shape index (κ3) is 3.04. The number of nitrogens with zero attached hydrogens (tertiary/aromatic N) is 1. The van der Waals surface area contributed by atoms with Gasteiger partial charge < -0.3 is 4.74 Å². The van der Waals surface area contributed by atoms with Crippen LogP contribution in [0.3, 0.4) is 0 Å². The zero-order valence-corrected chi connectivity index (χ0v) is 10.1. The molecule has 0 atom stereocenters. The van der Waals surface area contributed by atoms with E-state index in [-0.39, 0.29) is 6.61 Å². The lowest BCUT2D eigenvalue weighted by molar-refractivity contribution is -0.173. The van der Waals surface area contributed by atoms with E-state index >= 15 is 0 Å². The van der Waals surface area contributed by atoms with E-state index < -0.39 is 34.8 Å². The molecule has 108 valence electrons. The SMILES string of the molecule is CCOC(=O)C(F)(F)c1ccc(C(F)(F)F)c(C#N)c1. The molecule has 0 aromatic heterocycles. The van der Waals surface area contributed by atoms with Crippen LogP contribution in [0.15, 0.2) is 18.2 Å². The third-order valence-electron chi connectivity index (χ3n) is 2.34. The van der Waals surface area contributed by atoms with Crippen molar-refractivity contribution in [1.82, 2.24) is 0 Å². The number of ether oxygens (including phenoxy) is 1. The van der Waals surface area contributed by atoms with Crippen molar-refractivity contribution < 1.29 is 31.5 Å². The van der Waals surface area contributed by atoms with E-state index in [1.165, 1.54) is 13.0 Å². The molecule has 1 aromatic rings. The van der Waals surface area contributed by atoms with Crippen LogP contribution >= 0.6 is 0 Å². The summed E-state index contributed by atoms with van der Waals surface area (Å²) in [5.74, 6) is -6.00. The smallest absolute Gasteiger partial charge is 0.417 e. The molecule has 0 aliphatic rings. The standard InChI is InChI=1S/C12H8F5NO2/c1-2-20-10(19)11(13,14)8-3-4-9(12(15,16)17)7(5-8)6-18/h3-5H,2H2,1H3. The van der Waals surface area contributed by atoms with Gasteiger partial charge >= 0.3 is 18.1 Å². The molecule has 20 heavy (non-hydrogen) atoms. The predicted molar refractivity (Wildman–Crippen MR) is 56.7 cm³/mol. The Labute approximate surface area is 110 Å². The summed E-state index contributed by atoms with van der Waals surface area (Å²) in [6.45, 7) is 1.00. The molecular formula is C12H8F5NO2. The van der Waals surface area contributed by atoms with Crippen LogP contribution in [-0.4, -0.2) is 12.6 Å². The van der Waals surface area contributed by atoms with Crippen LogP contribution in [0.25, 0.3) is 0 Å². The van der Waals surface area contributed by atoms with E-state index in [1.54, 1.807) is 0 Å². The Hall–Kier alpha value is -2.17. The van der Waals surface area contributed by atoms with E-state index in [1.807, 2.05) is 0 Å². The van der Waals surface area contributed by atoms with E-state index in [4.69, 9.17) is 5.26 Å². The highest BCUT2D eigenvalue weighted by atomic mass is 19.4. The van der Waals surface area contributed by atoms with Crippen LogP contribution in [-0.2, 0) is 21.6 Å². The van der Waals surface area contributed by atoms with E-state index in [0.717, 1.165) is 0 Å². The summed E-state index contributed by atoms with van der Waals surface area (Å²) in [7, 11) is 0. The Bertz CT molecular complexity index is 560. The first-order valence-corrected chi connectivity index (χ1v) is 5.31. The van der Waals surface area contributed by atoms with Gasteiger partial charge in [-0.15, -0.1) is 0 Å². The van der Waals surface area contributed by atoms with Gasteiger partial charge in [-0.25, -0.2) is 4.79 Å². The van der Waals surface area contributed by atoms with Crippen molar-refractivity contribution in [1.29, 1.82) is 5.26 Å². The highest BCUT2D eigenvalue weighted by Gasteiger charge is 2.44. The number of carbonyl (C=O) groups is 1. The van der Waals surface area contributed by atoms with Crippen LogP contribution in [0.4, 0.5) is 22.0 Å². The zero-order valence-electron chi connectivity index (χ0n) is 10.1. The molecule has 3 nitrogen and oxygen atoms in total. The van der Waals surface area contributed by atoms with Crippen LogP contribution < -0.4 is 0 Å². The molecule has 0 amide bonds. The zero-order chi connectivity index (χ0) is 15.6. The summed E-state index contributed by atoms with van der Waals surface area (Å²) in [6.07, 6.45) is -4.84. The van der Waals surface area contributed by atoms with Crippen LogP contribution in [0, 0.1) is 11.3 Å². The molecular weight excluding hydrogens is 285 g/mol. The van der Waals surface area contributed by atoms with E-state index in [9.17, 15) is 26.7 Å². The number of rotatable bonds is 3. The van der Waals surface area contributed by atoms with Gasteiger partial charge in [-0.1, -0.05) is 6.07 Å². The molecule has 0 radical (unpaired) electrons. The summed E-state index contributed by atoms with van der Waals surface area (Å²) >= 11 is 0. The molecule has 0 N–H and O–H groups in total. The minimum absolute atomic E-state index is 0.305. The van der Waals surface area contributed by atoms with Gasteiger partial charge in [-0.05, 0) is 19.1 Å². The van der Waals surface area contributed by atoms with Crippen LogP contribution in [0.5, 0.6) is 0 Å². The molecule has 0 saturated heterocycles. The summed E-state index contributed by atoms with van der Waals surface area (Å²) in [4.78, 5) is 11.1. The Kier molecular flexibility index (Phi) is 4.33. The van der Waals surface area contributed by atoms with Gasteiger partial charge in [0.05, 0.1) is 23.8 Å². The number of carbonyl (C=O) groups excluding carboxylic acids is 1. The van der Waals surface area contributed by atoms with Crippen molar-refractivity contribution in [2.45, 2.75) is 19.0 Å². The molecule has 0 heterocycles. The van der Waals surface area contributed by atoms with E-state index in [2.05, 4.69) is 4.74 Å². The third-order valence-corrected chi connectivity index (χ3v) is 2.34. The maximum atomic E-state index is 13.6. The fraction of sp³-hybridized carbons (Fsp3) is 0.333. The molecule has 1 aromatic carbocycles. The van der Waals surface area contributed by atoms with Crippen molar-refractivity contribution in [3.63, 3.8) is 0 Å². The van der Waals surface area contributed by atoms with Gasteiger partial charge in [0.15, 0.2) is 0 Å². The highest BCUT2D eigenvalue weighted by molar-refractivity contribution is 5.79. The van der Waals surface area contributed by atoms with Gasteiger partial charge in [0, 0.05) is 5.56 Å². The second kappa shape index (κ2) is 5.45. The average Bonchev–Trinajstić information content (AvgIpc) is 2.37. The van der Waals surface area contributed by atoms with Gasteiger partial charge in [0.1, 0.15) is 0 Å². The second-order valence-electron chi connectivity index (χ2n) is 3.66. The maximum absolute atomic E-state index is 13.6. The highest BCUT2D eigenvalue weighted by Crippen LogP contribution is 2.36. The maximum Gasteiger partial charge on any atom is 0.417 e. The predicted octanol–water partition coefficient (Wildman–Crippen LogP) is 3.23. The van der Waals surface area contributed by atoms with Crippen molar-refractivity contribution in [3.8, 4) is 6.07 Å². The lowest BCUT2D eigenvalue weighted by Gasteiger charge is -2.16. The first-order chi connectivity index (χ1) is 9.14. The van der Waals surface area contributed by atoms with Crippen molar-refractivity contribution in [3.05, 3.63) is 34.9 Å². The second-order valence-corrected chi connectivity index (χ2v) is 3.66. The minimum Gasteiger partial charge on any atom is -0.461 e. The molecule has 0 unspecified atom stereocenters. The summed E-state index contributed by atoms with van der Waals surface area (Å²) < 4.78 is 68.9. The molecule has 0 spiro atoms. The van der Waals surface area contributed by atoms with Gasteiger partial charge in [0.2, 0.25) is 0 Å². The number of halogens is 5. The lowest BCUT2D eigenvalue weighted by Crippen LogP contribution is -2.28. The fourth-order valence-electron chi connectivity index (χ4n) is 1.42. The Morgan fingerprint density at radius 3 is 2.35 bits per heavy atom. The number of benzene rings is 1. The minimum atomic E-state index is -4.84. The first kappa shape index (κ1) is 15.9. The van der Waals surface area contributed by atoms with Gasteiger partial charge in [0.25, 0.3) is 0 Å². The largest absolute Gasteiger partial charge is 0.461 e. The number of alkyl halides is 5. The van der Waals surface area contributed by atoms with Crippen molar-refractivity contribution in [2.75, 3.05) is 6.61 Å². The number of nitriles is 1. The quantitative estimate of drug-likeness (QED) is 0.635. The Balaban J connectivity index is 3.30. The lowest BCUT2D eigenvalue weighted by atomic mass is 10.0. The van der Waals surface area contributed by atoms with Crippen molar-refractivity contribution in [2.24, 2.45) is 0 Å². The van der Waals surface area contributed by atoms with Crippen LogP contribution in [0.2, 0.25) is 0 Å². The molecule has 0 fully saturated rings. The fourth-order valence-corrected chi connectivity index (χ4v) is 1.42. The number of hydrogen-bond donors (Lipinski definition) is 0. The average molecular weight is 293 g/mol. The first-order valence-electron chi connectivity index (χ1n) is 5.31. The van der Waals surface area contributed by atoms with Gasteiger partial charge in [-0.2, -0.15) is 27.2 Å². The normalized spacial score (nSPS) is 11.8. The Morgan fingerprint density at radius 1 is 1.30 bits per heavy atom. The number of hydrogen-bond acceptors (Lipinski definition) is 3. The summed E-state index contributed by atoms with van der Waals surface area (Å²) in [6, 6.07) is 2.29. The molecule has 8 heteroatoms. The molecule has 0 bridgehead atoms. The number of esters is 1. The summed E-state index contributed by atoms with van der Waals surface area (Å²) in [5.41, 5.74) is -3.36. The molecule has 0 aliphatic heterocycles. The summed E-state index contributed by atoms with van der Waals surface area (Å²) in [5, 5.41) is 8.60.